The molecule has 0 radical (unpaired) electrons. The average molecular weight is 334 g/mol. The highest BCUT2D eigenvalue weighted by Crippen LogP contribution is 2.50. The highest BCUT2D eigenvalue weighted by molar-refractivity contribution is 6.19. The summed E-state index contributed by atoms with van der Waals surface area (Å²) in [5, 5.41) is 0. The van der Waals surface area contributed by atoms with E-state index >= 15 is 0 Å². The van der Waals surface area contributed by atoms with Gasteiger partial charge in [-0.3, -0.25) is 0 Å². The Morgan fingerprint density at radius 2 is 1.23 bits per heavy atom. The summed E-state index contributed by atoms with van der Waals surface area (Å²) >= 11 is 0. The first-order valence-electron chi connectivity index (χ1n) is 9.13. The highest BCUT2D eigenvalue weighted by Gasteiger charge is 2.29. The molecule has 1 aliphatic rings. The Labute approximate surface area is 155 Å². The second-order valence-electron chi connectivity index (χ2n) is 6.61. The second-order valence-corrected chi connectivity index (χ2v) is 6.61. The summed E-state index contributed by atoms with van der Waals surface area (Å²) in [6.07, 6.45) is 3.33. The minimum Gasteiger partial charge on any atom is -0.0905 e. The van der Waals surface area contributed by atoms with E-state index in [0.717, 1.165) is 12.0 Å². The molecule has 0 bridgehead atoms. The van der Waals surface area contributed by atoms with E-state index in [1.165, 1.54) is 39.0 Å². The van der Waals surface area contributed by atoms with Gasteiger partial charge in [-0.25, -0.2) is 0 Å². The fourth-order valence-corrected chi connectivity index (χ4v) is 3.51. The topological polar surface area (TPSA) is 0 Å². The number of rotatable bonds is 4. The van der Waals surface area contributed by atoms with E-state index in [4.69, 9.17) is 0 Å². The molecule has 3 aromatic rings. The quantitative estimate of drug-likeness (QED) is 0.491. The number of hydrogen-bond acceptors (Lipinski definition) is 0. The summed E-state index contributed by atoms with van der Waals surface area (Å²) in [5.41, 5.74) is 9.97. The van der Waals surface area contributed by atoms with Gasteiger partial charge in [0.1, 0.15) is 0 Å². The minimum atomic E-state index is 1.07. The Morgan fingerprint density at radius 3 is 1.77 bits per heavy atom. The molecule has 0 unspecified atom stereocenters. The highest BCUT2D eigenvalue weighted by atomic mass is 14.3. The van der Waals surface area contributed by atoms with Crippen LogP contribution in [0.5, 0.6) is 0 Å². The normalized spacial score (nSPS) is 15.3. The van der Waals surface area contributed by atoms with Crippen LogP contribution in [-0.4, -0.2) is 0 Å². The first kappa shape index (κ1) is 16.4. The van der Waals surface area contributed by atoms with Crippen LogP contribution < -0.4 is 0 Å². The SMILES string of the molecule is C=C1C(c2ccccc2)=C(c2ccccc2)/C1=C/c1ccc(CC)cc1. The van der Waals surface area contributed by atoms with Gasteiger partial charge in [0.05, 0.1) is 0 Å². The molecular formula is C26H22. The van der Waals surface area contributed by atoms with Crippen LogP contribution in [0.15, 0.2) is 103 Å². The van der Waals surface area contributed by atoms with Crippen molar-refractivity contribution in [1.29, 1.82) is 0 Å². The smallest absolute Gasteiger partial charge is 0.00206 e. The number of allylic oxidation sites excluding steroid dienone is 4. The van der Waals surface area contributed by atoms with Crippen LogP contribution >= 0.6 is 0 Å². The van der Waals surface area contributed by atoms with Gasteiger partial charge in [0.15, 0.2) is 0 Å². The molecule has 0 heterocycles. The Bertz CT molecular complexity index is 985. The summed E-state index contributed by atoms with van der Waals surface area (Å²) in [4.78, 5) is 0. The van der Waals surface area contributed by atoms with Gasteiger partial charge in [-0.2, -0.15) is 0 Å². The van der Waals surface area contributed by atoms with Gasteiger partial charge in [0.25, 0.3) is 0 Å². The van der Waals surface area contributed by atoms with E-state index in [1.807, 2.05) is 0 Å². The summed E-state index contributed by atoms with van der Waals surface area (Å²) < 4.78 is 0. The van der Waals surface area contributed by atoms with Crippen LogP contribution in [0.1, 0.15) is 29.2 Å². The van der Waals surface area contributed by atoms with E-state index in [0.29, 0.717) is 0 Å². The van der Waals surface area contributed by atoms with Gasteiger partial charge in [-0.05, 0) is 57.0 Å². The van der Waals surface area contributed by atoms with Crippen LogP contribution in [0, 0.1) is 0 Å². The largest absolute Gasteiger partial charge is 0.0905 e. The molecule has 0 aliphatic heterocycles. The lowest BCUT2D eigenvalue weighted by Gasteiger charge is -2.31. The molecule has 126 valence electrons. The predicted molar refractivity (Wildman–Crippen MR) is 113 cm³/mol. The monoisotopic (exact) mass is 334 g/mol. The number of hydrogen-bond donors (Lipinski definition) is 0. The molecule has 0 saturated carbocycles. The van der Waals surface area contributed by atoms with Crippen molar-refractivity contribution in [2.45, 2.75) is 13.3 Å². The lowest BCUT2D eigenvalue weighted by Crippen LogP contribution is -2.10. The van der Waals surface area contributed by atoms with E-state index < -0.39 is 0 Å². The van der Waals surface area contributed by atoms with Gasteiger partial charge in [0, 0.05) is 0 Å². The Balaban J connectivity index is 1.83. The maximum Gasteiger partial charge on any atom is -0.00206 e. The molecule has 0 heteroatoms. The van der Waals surface area contributed by atoms with Gasteiger partial charge in [-0.15, -0.1) is 0 Å². The van der Waals surface area contributed by atoms with E-state index in [9.17, 15) is 0 Å². The Kier molecular flexibility index (Phi) is 4.41. The molecule has 0 spiro atoms. The number of benzene rings is 3. The summed E-state index contributed by atoms with van der Waals surface area (Å²) in [5.74, 6) is 0. The van der Waals surface area contributed by atoms with Gasteiger partial charge in [-0.1, -0.05) is 98.4 Å². The maximum atomic E-state index is 4.38. The minimum absolute atomic E-state index is 1.07. The zero-order chi connectivity index (χ0) is 17.9. The molecule has 0 saturated heterocycles. The predicted octanol–water partition coefficient (Wildman–Crippen LogP) is 6.81. The van der Waals surface area contributed by atoms with Crippen molar-refractivity contribution in [2.75, 3.05) is 0 Å². The molecule has 0 atom stereocenters. The molecule has 0 nitrogen and oxygen atoms in total. The molecule has 0 N–H and O–H groups in total. The molecule has 0 aromatic heterocycles. The Morgan fingerprint density at radius 1 is 0.692 bits per heavy atom. The van der Waals surface area contributed by atoms with Crippen molar-refractivity contribution in [3.05, 3.63) is 125 Å². The van der Waals surface area contributed by atoms with Gasteiger partial charge in [0.2, 0.25) is 0 Å². The van der Waals surface area contributed by atoms with Crippen molar-refractivity contribution in [3.8, 4) is 0 Å². The third kappa shape index (κ3) is 2.95. The summed E-state index contributed by atoms with van der Waals surface area (Å²) in [6, 6.07) is 30.0. The van der Waals surface area contributed by atoms with Crippen molar-refractivity contribution >= 4 is 17.2 Å². The van der Waals surface area contributed by atoms with E-state index in [-0.39, 0.29) is 0 Å². The first-order chi connectivity index (χ1) is 12.8. The summed E-state index contributed by atoms with van der Waals surface area (Å²) in [7, 11) is 0. The van der Waals surface area contributed by atoms with Crippen LogP contribution in [0.25, 0.3) is 17.2 Å². The second kappa shape index (κ2) is 7.01. The van der Waals surface area contributed by atoms with Crippen molar-refractivity contribution in [2.24, 2.45) is 0 Å². The third-order valence-corrected chi connectivity index (χ3v) is 4.97. The average Bonchev–Trinajstić information content (AvgIpc) is 2.71. The molecule has 3 aromatic carbocycles. The standard InChI is InChI=1S/C26H22/c1-3-20-14-16-21(17-15-20)18-24-19(2)25(22-10-6-4-7-11-22)26(24)23-12-8-5-9-13-23/h4-18H,2-3H2,1H3/b24-18+. The van der Waals surface area contributed by atoms with Gasteiger partial charge >= 0.3 is 0 Å². The maximum absolute atomic E-state index is 4.38. The molecule has 0 fully saturated rings. The molecule has 26 heavy (non-hydrogen) atoms. The van der Waals surface area contributed by atoms with Crippen LogP contribution in [-0.2, 0) is 6.42 Å². The number of aryl methyl sites for hydroxylation is 1. The van der Waals surface area contributed by atoms with E-state index in [1.54, 1.807) is 0 Å². The van der Waals surface area contributed by atoms with E-state index in [2.05, 4.69) is 105 Å². The first-order valence-corrected chi connectivity index (χ1v) is 9.13. The molecule has 0 amide bonds. The molecule has 4 rings (SSSR count). The zero-order valence-corrected chi connectivity index (χ0v) is 15.1. The zero-order valence-electron chi connectivity index (χ0n) is 15.1. The third-order valence-electron chi connectivity index (χ3n) is 4.97. The van der Waals surface area contributed by atoms with Crippen molar-refractivity contribution in [1.82, 2.24) is 0 Å². The Hall–Kier alpha value is -3.12. The lowest BCUT2D eigenvalue weighted by molar-refractivity contribution is 1.14. The van der Waals surface area contributed by atoms with Crippen LogP contribution in [0.3, 0.4) is 0 Å². The molecular weight excluding hydrogens is 312 g/mol. The van der Waals surface area contributed by atoms with Crippen molar-refractivity contribution < 1.29 is 0 Å². The van der Waals surface area contributed by atoms with Crippen LogP contribution in [0.4, 0.5) is 0 Å². The van der Waals surface area contributed by atoms with Crippen LogP contribution in [0.2, 0.25) is 0 Å². The fourth-order valence-electron chi connectivity index (χ4n) is 3.51. The summed E-state index contributed by atoms with van der Waals surface area (Å²) in [6.45, 7) is 6.56. The van der Waals surface area contributed by atoms with Gasteiger partial charge < -0.3 is 0 Å². The van der Waals surface area contributed by atoms with Crippen molar-refractivity contribution in [3.63, 3.8) is 0 Å². The lowest BCUT2D eigenvalue weighted by atomic mass is 9.72. The fraction of sp³-hybridized carbons (Fsp3) is 0.0769. The molecule has 1 aliphatic carbocycles.